The smallest absolute Gasteiger partial charge is 0.126 e. The van der Waals surface area contributed by atoms with Crippen LogP contribution < -0.4 is 5.32 Å². The van der Waals surface area contributed by atoms with Crippen LogP contribution in [0.4, 0.5) is 4.39 Å². The van der Waals surface area contributed by atoms with Crippen LogP contribution >= 0.6 is 27.3 Å². The third-order valence-corrected chi connectivity index (χ3v) is 3.96. The molecular formula is C12H12BrFN2S. The van der Waals surface area contributed by atoms with Crippen LogP contribution in [0.3, 0.4) is 0 Å². The quantitative estimate of drug-likeness (QED) is 0.933. The Labute approximate surface area is 112 Å². The molecule has 0 radical (unpaired) electrons. The Morgan fingerprint density at radius 1 is 1.53 bits per heavy atom. The number of halogens is 2. The fourth-order valence-corrected chi connectivity index (χ4v) is 2.80. The third kappa shape index (κ3) is 3.12. The van der Waals surface area contributed by atoms with Crippen molar-refractivity contribution in [1.29, 1.82) is 0 Å². The lowest BCUT2D eigenvalue weighted by atomic mass is 10.0. The molecule has 17 heavy (non-hydrogen) atoms. The van der Waals surface area contributed by atoms with Gasteiger partial charge in [0.2, 0.25) is 0 Å². The van der Waals surface area contributed by atoms with Crippen LogP contribution in [0.25, 0.3) is 0 Å². The highest BCUT2D eigenvalue weighted by molar-refractivity contribution is 9.10. The van der Waals surface area contributed by atoms with Crippen molar-refractivity contribution in [2.24, 2.45) is 0 Å². The molecule has 2 aromatic rings. The van der Waals surface area contributed by atoms with Gasteiger partial charge >= 0.3 is 0 Å². The van der Waals surface area contributed by atoms with Crippen LogP contribution in [-0.2, 0) is 6.42 Å². The molecule has 0 aliphatic heterocycles. The molecule has 0 bridgehead atoms. The lowest BCUT2D eigenvalue weighted by Gasteiger charge is -2.14. The fraction of sp³-hybridized carbons (Fsp3) is 0.250. The van der Waals surface area contributed by atoms with Crippen molar-refractivity contribution < 1.29 is 4.39 Å². The molecule has 0 saturated carbocycles. The second-order valence-corrected chi connectivity index (χ2v) is 5.52. The van der Waals surface area contributed by atoms with Crippen molar-refractivity contribution in [3.8, 4) is 0 Å². The summed E-state index contributed by atoms with van der Waals surface area (Å²) < 4.78 is 14.5. The predicted molar refractivity (Wildman–Crippen MR) is 71.7 cm³/mol. The van der Waals surface area contributed by atoms with Gasteiger partial charge in [0.05, 0.1) is 5.51 Å². The Bertz CT molecular complexity index is 487. The first kappa shape index (κ1) is 12.7. The molecule has 2 nitrogen and oxygen atoms in total. The van der Waals surface area contributed by atoms with E-state index >= 15 is 0 Å². The summed E-state index contributed by atoms with van der Waals surface area (Å²) in [6.45, 7) is 0. The molecule has 2 rings (SSSR count). The van der Waals surface area contributed by atoms with Gasteiger partial charge < -0.3 is 5.32 Å². The molecule has 1 aromatic carbocycles. The van der Waals surface area contributed by atoms with Crippen LogP contribution in [0.1, 0.15) is 16.5 Å². The minimum atomic E-state index is -0.169. The first-order valence-electron chi connectivity index (χ1n) is 5.20. The van der Waals surface area contributed by atoms with E-state index in [1.807, 2.05) is 19.3 Å². The van der Waals surface area contributed by atoms with Crippen LogP contribution in [0.2, 0.25) is 0 Å². The first-order valence-corrected chi connectivity index (χ1v) is 6.87. The number of likely N-dealkylation sites (N-methyl/N-ethyl adjacent to an activating group) is 1. The zero-order chi connectivity index (χ0) is 12.3. The highest BCUT2D eigenvalue weighted by atomic mass is 79.9. The normalized spacial score (nSPS) is 12.6. The largest absolute Gasteiger partial charge is 0.312 e. The summed E-state index contributed by atoms with van der Waals surface area (Å²) in [7, 11) is 1.88. The summed E-state index contributed by atoms with van der Waals surface area (Å²) in [6.07, 6.45) is 2.44. The molecule has 1 atom stereocenters. The zero-order valence-electron chi connectivity index (χ0n) is 9.28. The monoisotopic (exact) mass is 314 g/mol. The average Bonchev–Trinajstić information content (AvgIpc) is 2.84. The molecule has 0 saturated heterocycles. The summed E-state index contributed by atoms with van der Waals surface area (Å²) in [6, 6.07) is 5.12. The number of thiazole rings is 1. The van der Waals surface area contributed by atoms with Crippen LogP contribution in [0.15, 0.2) is 34.4 Å². The standard InChI is InChI=1S/C12H12BrFN2S/c1-15-11(12-6-16-7-17-12)5-8-4-9(13)2-3-10(8)14/h2-4,6-7,11,15H,5H2,1H3. The van der Waals surface area contributed by atoms with E-state index in [0.29, 0.717) is 12.0 Å². The van der Waals surface area contributed by atoms with E-state index < -0.39 is 0 Å². The first-order chi connectivity index (χ1) is 8.20. The maximum atomic E-state index is 13.6. The average molecular weight is 315 g/mol. The molecule has 1 heterocycles. The maximum Gasteiger partial charge on any atom is 0.126 e. The van der Waals surface area contributed by atoms with Crippen molar-refractivity contribution in [3.63, 3.8) is 0 Å². The van der Waals surface area contributed by atoms with Crippen LogP contribution in [0, 0.1) is 5.82 Å². The van der Waals surface area contributed by atoms with E-state index in [2.05, 4.69) is 26.2 Å². The van der Waals surface area contributed by atoms with E-state index in [0.717, 1.165) is 9.35 Å². The molecule has 0 fully saturated rings. The van der Waals surface area contributed by atoms with Gasteiger partial charge in [-0.2, -0.15) is 0 Å². The topological polar surface area (TPSA) is 24.9 Å². The Hall–Kier alpha value is -0.780. The number of rotatable bonds is 4. The van der Waals surface area contributed by atoms with Crippen molar-refractivity contribution in [1.82, 2.24) is 10.3 Å². The predicted octanol–water partition coefficient (Wildman–Crippen LogP) is 3.55. The van der Waals surface area contributed by atoms with E-state index in [-0.39, 0.29) is 11.9 Å². The molecule has 0 aliphatic rings. The molecule has 0 aliphatic carbocycles. The van der Waals surface area contributed by atoms with E-state index in [4.69, 9.17) is 0 Å². The summed E-state index contributed by atoms with van der Waals surface area (Å²) in [5.74, 6) is -0.169. The minimum absolute atomic E-state index is 0.103. The zero-order valence-corrected chi connectivity index (χ0v) is 11.7. The Morgan fingerprint density at radius 3 is 3.00 bits per heavy atom. The van der Waals surface area contributed by atoms with E-state index in [9.17, 15) is 4.39 Å². The number of hydrogen-bond acceptors (Lipinski definition) is 3. The molecule has 90 valence electrons. The molecule has 1 aromatic heterocycles. The van der Waals surface area contributed by atoms with Crippen LogP contribution in [-0.4, -0.2) is 12.0 Å². The van der Waals surface area contributed by atoms with Gasteiger partial charge in [-0.25, -0.2) is 4.39 Å². The summed E-state index contributed by atoms with van der Waals surface area (Å²) in [5.41, 5.74) is 2.49. The molecule has 1 unspecified atom stereocenters. The maximum absolute atomic E-state index is 13.6. The van der Waals surface area contributed by atoms with E-state index in [1.54, 1.807) is 22.9 Å². The van der Waals surface area contributed by atoms with Crippen molar-refractivity contribution in [2.45, 2.75) is 12.5 Å². The van der Waals surface area contributed by atoms with Crippen LogP contribution in [0.5, 0.6) is 0 Å². The lowest BCUT2D eigenvalue weighted by molar-refractivity contribution is 0.559. The Balaban J connectivity index is 2.21. The summed E-state index contributed by atoms with van der Waals surface area (Å²) in [5, 5.41) is 3.19. The molecular weight excluding hydrogens is 303 g/mol. The second-order valence-electron chi connectivity index (χ2n) is 3.68. The summed E-state index contributed by atoms with van der Waals surface area (Å²) >= 11 is 4.94. The minimum Gasteiger partial charge on any atom is -0.312 e. The number of hydrogen-bond donors (Lipinski definition) is 1. The molecule has 1 N–H and O–H groups in total. The van der Waals surface area contributed by atoms with Crippen molar-refractivity contribution in [3.05, 3.63) is 50.6 Å². The molecule has 0 spiro atoms. The highest BCUT2D eigenvalue weighted by Gasteiger charge is 2.14. The number of benzene rings is 1. The summed E-state index contributed by atoms with van der Waals surface area (Å²) in [4.78, 5) is 5.17. The highest BCUT2D eigenvalue weighted by Crippen LogP contribution is 2.24. The van der Waals surface area contributed by atoms with Gasteiger partial charge in [-0.1, -0.05) is 15.9 Å². The van der Waals surface area contributed by atoms with Crippen molar-refractivity contribution >= 4 is 27.3 Å². The number of nitrogens with one attached hydrogen (secondary N) is 1. The van der Waals surface area contributed by atoms with Gasteiger partial charge in [0.25, 0.3) is 0 Å². The van der Waals surface area contributed by atoms with E-state index in [1.165, 1.54) is 6.07 Å². The lowest BCUT2D eigenvalue weighted by Crippen LogP contribution is -2.18. The molecule has 5 heteroatoms. The van der Waals surface area contributed by atoms with Gasteiger partial charge in [0.1, 0.15) is 5.82 Å². The van der Waals surface area contributed by atoms with Gasteiger partial charge in [-0.3, -0.25) is 4.98 Å². The van der Waals surface area contributed by atoms with Gasteiger partial charge in [-0.15, -0.1) is 11.3 Å². The van der Waals surface area contributed by atoms with Gasteiger partial charge in [0.15, 0.2) is 0 Å². The van der Waals surface area contributed by atoms with Gasteiger partial charge in [0, 0.05) is 21.6 Å². The fourth-order valence-electron chi connectivity index (χ4n) is 1.66. The number of aromatic nitrogens is 1. The Morgan fingerprint density at radius 2 is 2.35 bits per heavy atom. The molecule has 0 amide bonds. The number of nitrogens with zero attached hydrogens (tertiary/aromatic N) is 1. The second kappa shape index (κ2) is 5.71. The SMILES string of the molecule is CNC(Cc1cc(Br)ccc1F)c1cncs1. The third-order valence-electron chi connectivity index (χ3n) is 2.58. The Kier molecular flexibility index (Phi) is 4.25. The van der Waals surface area contributed by atoms with Gasteiger partial charge in [-0.05, 0) is 37.2 Å². The van der Waals surface area contributed by atoms with Crippen molar-refractivity contribution in [2.75, 3.05) is 7.05 Å².